The number of hydrogen-bond acceptors (Lipinski definition) is 5. The number of carbonyl (C=O) groups excluding carboxylic acids is 1. The summed E-state index contributed by atoms with van der Waals surface area (Å²) in [6.07, 6.45) is 1.84. The average Bonchev–Trinajstić information content (AvgIpc) is 3.13. The minimum atomic E-state index is -0.0736. The lowest BCUT2D eigenvalue weighted by Crippen LogP contribution is -2.28. The summed E-state index contributed by atoms with van der Waals surface area (Å²) < 4.78 is 10.9. The van der Waals surface area contributed by atoms with E-state index in [-0.39, 0.29) is 5.91 Å². The van der Waals surface area contributed by atoms with Crippen LogP contribution < -0.4 is 9.47 Å². The van der Waals surface area contributed by atoms with Crippen molar-refractivity contribution in [1.29, 1.82) is 0 Å². The van der Waals surface area contributed by atoms with Crippen LogP contribution in [0.2, 0.25) is 0 Å². The standard InChI is InChI=1S/C26H24N2O3S/c1-30-22-15-9-14-21(24(22)31-2)16-23-25(29)28(18-20-12-7-4-8-13-20)26(32-23)27-17-19-10-5-3-6-11-19/h3-16H,17-18H2,1-2H3/b23-16-,27-26?. The molecule has 3 aromatic rings. The maximum Gasteiger partial charge on any atom is 0.267 e. The summed E-state index contributed by atoms with van der Waals surface area (Å²) in [5, 5.41) is 0.691. The molecule has 0 spiro atoms. The summed E-state index contributed by atoms with van der Waals surface area (Å²) >= 11 is 1.38. The van der Waals surface area contributed by atoms with Crippen LogP contribution in [-0.2, 0) is 17.9 Å². The fraction of sp³-hybridized carbons (Fsp3) is 0.154. The van der Waals surface area contributed by atoms with Gasteiger partial charge < -0.3 is 9.47 Å². The Balaban J connectivity index is 1.68. The van der Waals surface area contributed by atoms with Crippen LogP contribution >= 0.6 is 11.8 Å². The summed E-state index contributed by atoms with van der Waals surface area (Å²) in [6.45, 7) is 0.977. The molecule has 4 rings (SSSR count). The van der Waals surface area contributed by atoms with Gasteiger partial charge >= 0.3 is 0 Å². The predicted molar refractivity (Wildman–Crippen MR) is 130 cm³/mol. The van der Waals surface area contributed by atoms with Gasteiger partial charge in [-0.3, -0.25) is 14.7 Å². The number of methoxy groups -OCH3 is 2. The molecular weight excluding hydrogens is 420 g/mol. The third-order valence-corrected chi connectivity index (χ3v) is 6.08. The predicted octanol–water partition coefficient (Wildman–Crippen LogP) is 5.38. The van der Waals surface area contributed by atoms with Gasteiger partial charge in [-0.25, -0.2) is 0 Å². The van der Waals surface area contributed by atoms with E-state index in [1.807, 2.05) is 84.9 Å². The van der Waals surface area contributed by atoms with Crippen LogP contribution in [0.3, 0.4) is 0 Å². The Morgan fingerprint density at radius 3 is 2.22 bits per heavy atom. The molecule has 0 saturated carbocycles. The van der Waals surface area contributed by atoms with Crippen LogP contribution in [0, 0.1) is 0 Å². The van der Waals surface area contributed by atoms with Gasteiger partial charge in [-0.15, -0.1) is 0 Å². The van der Waals surface area contributed by atoms with Crippen molar-refractivity contribution in [2.75, 3.05) is 14.2 Å². The first kappa shape index (κ1) is 21.7. The van der Waals surface area contributed by atoms with E-state index in [9.17, 15) is 4.79 Å². The van der Waals surface area contributed by atoms with E-state index >= 15 is 0 Å². The second-order valence-electron chi connectivity index (χ2n) is 7.15. The molecule has 0 unspecified atom stereocenters. The summed E-state index contributed by atoms with van der Waals surface area (Å²) in [5.74, 6) is 1.15. The average molecular weight is 445 g/mol. The van der Waals surface area contributed by atoms with E-state index in [4.69, 9.17) is 14.5 Å². The summed E-state index contributed by atoms with van der Waals surface area (Å²) in [5.41, 5.74) is 2.93. The van der Waals surface area contributed by atoms with Gasteiger partial charge in [0, 0.05) is 5.56 Å². The smallest absolute Gasteiger partial charge is 0.267 e. The normalized spacial score (nSPS) is 16.1. The number of benzene rings is 3. The molecule has 6 heteroatoms. The van der Waals surface area contributed by atoms with Gasteiger partial charge in [-0.2, -0.15) is 0 Å². The number of nitrogens with zero attached hydrogens (tertiary/aromatic N) is 2. The van der Waals surface area contributed by atoms with Crippen LogP contribution in [0.25, 0.3) is 6.08 Å². The van der Waals surface area contributed by atoms with Gasteiger partial charge in [-0.1, -0.05) is 72.8 Å². The van der Waals surface area contributed by atoms with E-state index in [1.54, 1.807) is 19.1 Å². The Bertz CT molecular complexity index is 1140. The number of carbonyl (C=O) groups is 1. The molecule has 0 N–H and O–H groups in total. The lowest BCUT2D eigenvalue weighted by Gasteiger charge is -2.15. The SMILES string of the molecule is COc1cccc(/C=C2\SC(=NCc3ccccc3)N(Cc3ccccc3)C2=O)c1OC. The van der Waals surface area contributed by atoms with Crippen molar-refractivity contribution in [3.8, 4) is 11.5 Å². The topological polar surface area (TPSA) is 51.1 Å². The minimum Gasteiger partial charge on any atom is -0.493 e. The van der Waals surface area contributed by atoms with E-state index in [2.05, 4.69) is 0 Å². The number of hydrogen-bond donors (Lipinski definition) is 0. The molecule has 0 aliphatic carbocycles. The Hall–Kier alpha value is -3.51. The Labute approximate surface area is 192 Å². The third-order valence-electron chi connectivity index (χ3n) is 5.03. The monoisotopic (exact) mass is 444 g/mol. The number of rotatable bonds is 7. The highest BCUT2D eigenvalue weighted by Gasteiger charge is 2.33. The maximum absolute atomic E-state index is 13.4. The van der Waals surface area contributed by atoms with Gasteiger partial charge in [0.1, 0.15) is 0 Å². The minimum absolute atomic E-state index is 0.0736. The molecule has 0 atom stereocenters. The molecule has 1 aliphatic rings. The van der Waals surface area contributed by atoms with Crippen molar-refractivity contribution >= 4 is 28.9 Å². The van der Waals surface area contributed by atoms with Gasteiger partial charge in [-0.05, 0) is 35.0 Å². The lowest BCUT2D eigenvalue weighted by atomic mass is 10.1. The molecule has 1 aliphatic heterocycles. The third kappa shape index (κ3) is 4.86. The van der Waals surface area contributed by atoms with Gasteiger partial charge in [0.25, 0.3) is 5.91 Å². The highest BCUT2D eigenvalue weighted by atomic mass is 32.2. The zero-order valence-corrected chi connectivity index (χ0v) is 18.8. The number of thioether (sulfide) groups is 1. The zero-order chi connectivity index (χ0) is 22.3. The highest BCUT2D eigenvalue weighted by Crippen LogP contribution is 2.38. The molecule has 5 nitrogen and oxygen atoms in total. The maximum atomic E-state index is 13.4. The molecule has 32 heavy (non-hydrogen) atoms. The van der Waals surface area contributed by atoms with Crippen LogP contribution in [0.4, 0.5) is 0 Å². The second-order valence-corrected chi connectivity index (χ2v) is 8.16. The molecular formula is C26H24N2O3S. The van der Waals surface area contributed by atoms with Crippen molar-refractivity contribution in [3.05, 3.63) is 100 Å². The quantitative estimate of drug-likeness (QED) is 0.459. The summed E-state index contributed by atoms with van der Waals surface area (Å²) in [6, 6.07) is 25.6. The van der Waals surface area contributed by atoms with Crippen LogP contribution in [-0.4, -0.2) is 30.2 Å². The number of amidine groups is 1. The van der Waals surface area contributed by atoms with E-state index in [1.165, 1.54) is 11.8 Å². The number of ether oxygens (including phenoxy) is 2. The lowest BCUT2D eigenvalue weighted by molar-refractivity contribution is -0.122. The van der Waals surface area contributed by atoms with Crippen molar-refractivity contribution in [3.63, 3.8) is 0 Å². The summed E-state index contributed by atoms with van der Waals surface area (Å²) in [7, 11) is 3.19. The molecule has 1 amide bonds. The first-order chi connectivity index (χ1) is 15.7. The highest BCUT2D eigenvalue weighted by molar-refractivity contribution is 8.18. The van der Waals surface area contributed by atoms with Gasteiger partial charge in [0.15, 0.2) is 16.7 Å². The van der Waals surface area contributed by atoms with Crippen molar-refractivity contribution in [2.45, 2.75) is 13.1 Å². The molecule has 1 saturated heterocycles. The summed E-state index contributed by atoms with van der Waals surface area (Å²) in [4.78, 5) is 20.5. The van der Waals surface area contributed by atoms with Crippen LogP contribution in [0.1, 0.15) is 16.7 Å². The van der Waals surface area contributed by atoms with E-state index in [0.29, 0.717) is 34.7 Å². The Morgan fingerprint density at radius 1 is 0.875 bits per heavy atom. The van der Waals surface area contributed by atoms with Crippen molar-refractivity contribution in [1.82, 2.24) is 4.90 Å². The molecule has 162 valence electrons. The van der Waals surface area contributed by atoms with Gasteiger partial charge in [0.2, 0.25) is 0 Å². The van der Waals surface area contributed by atoms with Crippen molar-refractivity contribution < 1.29 is 14.3 Å². The van der Waals surface area contributed by atoms with Crippen LogP contribution in [0.5, 0.6) is 11.5 Å². The first-order valence-electron chi connectivity index (χ1n) is 10.2. The van der Waals surface area contributed by atoms with E-state index in [0.717, 1.165) is 16.7 Å². The Morgan fingerprint density at radius 2 is 1.56 bits per heavy atom. The Kier molecular flexibility index (Phi) is 6.92. The fourth-order valence-electron chi connectivity index (χ4n) is 3.44. The van der Waals surface area contributed by atoms with Crippen LogP contribution in [0.15, 0.2) is 88.8 Å². The number of aliphatic imine (C=N–C) groups is 1. The van der Waals surface area contributed by atoms with E-state index < -0.39 is 0 Å². The zero-order valence-electron chi connectivity index (χ0n) is 18.0. The number of amides is 1. The molecule has 0 bridgehead atoms. The van der Waals surface area contributed by atoms with Crippen molar-refractivity contribution in [2.24, 2.45) is 4.99 Å². The molecule has 0 aromatic heterocycles. The molecule has 1 heterocycles. The largest absolute Gasteiger partial charge is 0.493 e. The van der Waals surface area contributed by atoms with Gasteiger partial charge in [0.05, 0.1) is 32.2 Å². The molecule has 1 fully saturated rings. The first-order valence-corrected chi connectivity index (χ1v) is 11.1. The fourth-order valence-corrected chi connectivity index (χ4v) is 4.41. The second kappa shape index (κ2) is 10.2. The molecule has 3 aromatic carbocycles. The molecule has 0 radical (unpaired) electrons. The number of para-hydroxylation sites is 1.